The van der Waals surface area contributed by atoms with Crippen LogP contribution >= 0.6 is 0 Å². The van der Waals surface area contributed by atoms with Gasteiger partial charge in [0.05, 0.1) is 12.0 Å². The highest BCUT2D eigenvalue weighted by Crippen LogP contribution is 2.61. The Morgan fingerprint density at radius 1 is 1.19 bits per heavy atom. The van der Waals surface area contributed by atoms with E-state index in [1.54, 1.807) is 6.92 Å². The van der Waals surface area contributed by atoms with Crippen LogP contribution in [-0.2, 0) is 6.42 Å². The Kier molecular flexibility index (Phi) is 9.84. The van der Waals surface area contributed by atoms with Gasteiger partial charge in [0, 0.05) is 41.4 Å². The lowest BCUT2D eigenvalue weighted by atomic mass is 9.91. The number of benzene rings is 1. The molecular formula is C32H47F2N3. The fourth-order valence-electron chi connectivity index (χ4n) is 5.27. The molecule has 1 aromatic rings. The van der Waals surface area contributed by atoms with E-state index < -0.39 is 11.8 Å². The summed E-state index contributed by atoms with van der Waals surface area (Å²) in [6.45, 7) is 30.0. The van der Waals surface area contributed by atoms with Gasteiger partial charge in [-0.3, -0.25) is 4.99 Å². The van der Waals surface area contributed by atoms with Gasteiger partial charge in [0.15, 0.2) is 0 Å². The molecule has 2 aliphatic carbocycles. The van der Waals surface area contributed by atoms with Gasteiger partial charge in [0.25, 0.3) is 0 Å². The van der Waals surface area contributed by atoms with E-state index in [0.717, 1.165) is 61.2 Å². The number of fused-ring (bicyclic) bond motifs is 1. The lowest BCUT2D eigenvalue weighted by molar-refractivity contribution is -0.0320. The predicted octanol–water partition coefficient (Wildman–Crippen LogP) is 8.41. The number of halogens is 2. The number of likely N-dealkylation sites (tertiary alicyclic amines) is 1. The van der Waals surface area contributed by atoms with Gasteiger partial charge >= 0.3 is 0 Å². The molecule has 1 aromatic carbocycles. The van der Waals surface area contributed by atoms with Crippen LogP contribution in [-0.4, -0.2) is 42.0 Å². The highest BCUT2D eigenvalue weighted by molar-refractivity contribution is 6.10. The Bertz CT molecular complexity index is 1030. The fraction of sp³-hybridized carbons (Fsp3) is 0.562. The molecule has 3 fully saturated rings. The first kappa shape index (κ1) is 30.7. The van der Waals surface area contributed by atoms with Gasteiger partial charge in [-0.15, -0.1) is 26.3 Å². The molecule has 2 aliphatic heterocycles. The third kappa shape index (κ3) is 6.30. The minimum Gasteiger partial charge on any atom is -0.370 e. The van der Waals surface area contributed by atoms with E-state index in [0.29, 0.717) is 17.8 Å². The van der Waals surface area contributed by atoms with E-state index in [1.165, 1.54) is 18.6 Å². The molecule has 0 amide bonds. The lowest BCUT2D eigenvalue weighted by Gasteiger charge is -2.28. The molecule has 3 nitrogen and oxygen atoms in total. The number of aryl methyl sites for hydroxylation is 1. The molecule has 204 valence electrons. The zero-order chi connectivity index (χ0) is 28.2. The average Bonchev–Trinajstić information content (AvgIpc) is 3.67. The zero-order valence-corrected chi connectivity index (χ0v) is 24.0. The van der Waals surface area contributed by atoms with Crippen LogP contribution in [0.15, 0.2) is 61.1 Å². The third-order valence-electron chi connectivity index (χ3n) is 8.26. The molecule has 1 saturated heterocycles. The highest BCUT2D eigenvalue weighted by atomic mass is 19.3. The summed E-state index contributed by atoms with van der Waals surface area (Å²) in [6, 6.07) is 6.11. The van der Waals surface area contributed by atoms with Crippen molar-refractivity contribution in [3.8, 4) is 0 Å². The summed E-state index contributed by atoms with van der Waals surface area (Å²) < 4.78 is 27.7. The molecule has 2 heterocycles. The van der Waals surface area contributed by atoms with E-state index >= 15 is 0 Å². The van der Waals surface area contributed by atoms with Crippen molar-refractivity contribution in [1.82, 2.24) is 4.90 Å². The van der Waals surface area contributed by atoms with Crippen molar-refractivity contribution in [2.45, 2.75) is 73.1 Å². The number of hydrogen-bond acceptors (Lipinski definition) is 3. The summed E-state index contributed by atoms with van der Waals surface area (Å²) >= 11 is 0. The predicted molar refractivity (Wildman–Crippen MR) is 157 cm³/mol. The van der Waals surface area contributed by atoms with Crippen molar-refractivity contribution in [1.29, 1.82) is 0 Å². The van der Waals surface area contributed by atoms with Crippen LogP contribution in [0.25, 0.3) is 5.70 Å². The molecule has 0 spiro atoms. The van der Waals surface area contributed by atoms with Crippen molar-refractivity contribution in [2.75, 3.05) is 19.6 Å². The summed E-state index contributed by atoms with van der Waals surface area (Å²) in [6.07, 6.45) is 3.97. The maximum Gasteiger partial charge on any atom is 0.248 e. The van der Waals surface area contributed by atoms with Crippen molar-refractivity contribution in [3.63, 3.8) is 0 Å². The van der Waals surface area contributed by atoms with E-state index in [-0.39, 0.29) is 5.41 Å². The monoisotopic (exact) mass is 511 g/mol. The second-order valence-electron chi connectivity index (χ2n) is 10.9. The molecular weight excluding hydrogens is 464 g/mol. The highest BCUT2D eigenvalue weighted by Gasteiger charge is 2.64. The molecule has 37 heavy (non-hydrogen) atoms. The number of rotatable bonds is 7. The molecule has 0 radical (unpaired) electrons. The van der Waals surface area contributed by atoms with E-state index in [4.69, 9.17) is 9.98 Å². The van der Waals surface area contributed by atoms with Gasteiger partial charge in [-0.2, -0.15) is 0 Å². The van der Waals surface area contributed by atoms with Crippen molar-refractivity contribution < 1.29 is 8.78 Å². The Hall–Kier alpha value is -2.56. The van der Waals surface area contributed by atoms with Crippen molar-refractivity contribution in [2.24, 2.45) is 32.7 Å². The molecule has 0 N–H and O–H groups in total. The van der Waals surface area contributed by atoms with Gasteiger partial charge in [0.1, 0.15) is 5.84 Å². The van der Waals surface area contributed by atoms with E-state index in [1.807, 2.05) is 32.9 Å². The van der Waals surface area contributed by atoms with Crippen molar-refractivity contribution >= 4 is 17.2 Å². The molecule has 2 saturated carbocycles. The quantitative estimate of drug-likeness (QED) is 0.338. The third-order valence-corrected chi connectivity index (χ3v) is 8.26. The molecule has 0 bridgehead atoms. The lowest BCUT2D eigenvalue weighted by Crippen LogP contribution is -2.28. The number of amidine groups is 1. The molecule has 5 rings (SSSR count). The van der Waals surface area contributed by atoms with Crippen LogP contribution in [0.4, 0.5) is 8.78 Å². The van der Waals surface area contributed by atoms with Gasteiger partial charge in [0.2, 0.25) is 5.92 Å². The average molecular weight is 512 g/mol. The zero-order valence-electron chi connectivity index (χ0n) is 24.0. The summed E-state index contributed by atoms with van der Waals surface area (Å²) in [4.78, 5) is 12.2. The summed E-state index contributed by atoms with van der Waals surface area (Å²) in [5.41, 5.74) is 5.69. The Balaban J connectivity index is 0.000000750. The van der Waals surface area contributed by atoms with Gasteiger partial charge in [-0.05, 0) is 57.1 Å². The second-order valence-corrected chi connectivity index (χ2v) is 10.9. The van der Waals surface area contributed by atoms with Crippen LogP contribution in [0.3, 0.4) is 0 Å². The maximum atomic E-state index is 13.9. The first-order valence-electron chi connectivity index (χ1n) is 13.6. The minimum atomic E-state index is -2.70. The summed E-state index contributed by atoms with van der Waals surface area (Å²) in [5, 5.41) is 0. The van der Waals surface area contributed by atoms with Gasteiger partial charge in [-0.25, -0.2) is 13.8 Å². The normalized spacial score (nSPS) is 25.0. The standard InChI is InChI=1S/C26H33F2N3.C2H6.2C2H4/c1-16-6-7-19(11-17(2)25(5,27)28)21(10-16)18(3)31-14-20-12-26(20,15-31)23-29-13-22(30-23)24(4)8-9-24;3*1-2/h6-7,10,17,20H,3,8-9,11-15H2,1-2,4-5H3;1-2H3;2*1-2H2. The van der Waals surface area contributed by atoms with E-state index in [2.05, 4.69) is 50.8 Å². The van der Waals surface area contributed by atoms with E-state index in [9.17, 15) is 8.78 Å². The van der Waals surface area contributed by atoms with Crippen LogP contribution in [0.5, 0.6) is 0 Å². The number of nitrogens with zero attached hydrogens (tertiary/aromatic N) is 3. The van der Waals surface area contributed by atoms with Crippen LogP contribution in [0.2, 0.25) is 0 Å². The maximum absolute atomic E-state index is 13.9. The molecule has 3 unspecified atom stereocenters. The summed E-state index contributed by atoms with van der Waals surface area (Å²) in [7, 11) is 0. The largest absolute Gasteiger partial charge is 0.370 e. The van der Waals surface area contributed by atoms with Crippen LogP contribution in [0.1, 0.15) is 70.6 Å². The Labute approximate surface area is 224 Å². The second kappa shape index (κ2) is 11.9. The number of alkyl halides is 2. The number of hydrogen-bond donors (Lipinski definition) is 0. The Morgan fingerprint density at radius 2 is 1.81 bits per heavy atom. The van der Waals surface area contributed by atoms with Crippen LogP contribution < -0.4 is 0 Å². The minimum absolute atomic E-state index is 0.0731. The number of aliphatic imine (C=N–C) groups is 2. The van der Waals surface area contributed by atoms with Gasteiger partial charge < -0.3 is 4.90 Å². The molecule has 3 atom stereocenters. The molecule has 0 aromatic heterocycles. The Morgan fingerprint density at radius 3 is 2.38 bits per heavy atom. The first-order chi connectivity index (χ1) is 17.5. The fourth-order valence-corrected chi connectivity index (χ4v) is 5.27. The first-order valence-corrected chi connectivity index (χ1v) is 13.6. The molecule has 5 heteroatoms. The topological polar surface area (TPSA) is 28.0 Å². The number of piperidine rings is 1. The summed E-state index contributed by atoms with van der Waals surface area (Å²) in [5.74, 6) is -1.79. The van der Waals surface area contributed by atoms with Gasteiger partial charge in [-0.1, -0.05) is 52.0 Å². The molecule has 4 aliphatic rings. The van der Waals surface area contributed by atoms with Crippen LogP contribution in [0, 0.1) is 29.6 Å². The SMILES string of the molecule is C=C.C=C.C=C(c1cc(C)ccc1CC(C)C(C)(F)F)N1CC2CC2(C2=NCC(C3(C)CC3)=N2)C1.CC. The smallest absolute Gasteiger partial charge is 0.248 e. The van der Waals surface area contributed by atoms with Crippen molar-refractivity contribution in [3.05, 3.63) is 67.8 Å².